The van der Waals surface area contributed by atoms with E-state index in [0.717, 1.165) is 11.4 Å². The molecule has 2 aromatic rings. The van der Waals surface area contributed by atoms with Crippen LogP contribution in [0.4, 0.5) is 0 Å². The Bertz CT molecular complexity index is 826. The normalized spacial score (nSPS) is 13.2. The number of allylic oxidation sites excluding steroid dienone is 1. The number of rotatable bonds is 6. The highest BCUT2D eigenvalue weighted by molar-refractivity contribution is 8.00. The third-order valence-corrected chi connectivity index (χ3v) is 5.27. The van der Waals surface area contributed by atoms with Crippen LogP contribution in [0.1, 0.15) is 54.0 Å². The van der Waals surface area contributed by atoms with Crippen molar-refractivity contribution in [1.29, 1.82) is 0 Å². The summed E-state index contributed by atoms with van der Waals surface area (Å²) in [4.78, 5) is 12.4. The van der Waals surface area contributed by atoms with Crippen LogP contribution >= 0.6 is 11.8 Å². The van der Waals surface area contributed by atoms with E-state index in [-0.39, 0.29) is 22.1 Å². The molecule has 0 spiro atoms. The van der Waals surface area contributed by atoms with Crippen LogP contribution in [0, 0.1) is 0 Å². The van der Waals surface area contributed by atoms with Gasteiger partial charge in [-0.05, 0) is 38.7 Å². The molecule has 1 aromatic carbocycles. The van der Waals surface area contributed by atoms with Crippen LogP contribution in [0.5, 0.6) is 0 Å². The second-order valence-corrected chi connectivity index (χ2v) is 10.3. The van der Waals surface area contributed by atoms with Gasteiger partial charge in [0.2, 0.25) is 5.91 Å². The Balaban J connectivity index is 2.28. The molecule has 0 aliphatic heterocycles. The monoisotopic (exact) mass is 400 g/mol. The summed E-state index contributed by atoms with van der Waals surface area (Å²) in [6.45, 7) is 18.8. The molecule has 152 valence electrons. The van der Waals surface area contributed by atoms with Crippen LogP contribution in [-0.4, -0.2) is 31.5 Å². The molecule has 0 saturated heterocycles. The maximum Gasteiger partial charge on any atom is 0.233 e. The average Bonchev–Trinajstić information content (AvgIpc) is 2.95. The number of nitrogens with zero attached hydrogens (tertiary/aromatic N) is 3. The summed E-state index contributed by atoms with van der Waals surface area (Å²) in [5.41, 5.74) is 2.11. The van der Waals surface area contributed by atoms with E-state index in [9.17, 15) is 4.79 Å². The molecule has 6 heteroatoms. The van der Waals surface area contributed by atoms with Crippen molar-refractivity contribution < 1.29 is 4.79 Å². The SMILES string of the molecule is C=CCn1c(S[C@H](C)C(=O)NC(C)(C)C)nnc1-c1ccc(C(C)(C)C)cc1. The molecule has 5 nitrogen and oxygen atoms in total. The van der Waals surface area contributed by atoms with E-state index in [1.54, 1.807) is 0 Å². The summed E-state index contributed by atoms with van der Waals surface area (Å²) in [6.07, 6.45) is 1.82. The Kier molecular flexibility index (Phi) is 6.75. The topological polar surface area (TPSA) is 59.8 Å². The Hall–Kier alpha value is -2.08. The molecule has 28 heavy (non-hydrogen) atoms. The number of nitrogens with one attached hydrogen (secondary N) is 1. The number of hydrogen-bond donors (Lipinski definition) is 1. The van der Waals surface area contributed by atoms with Gasteiger partial charge in [-0.25, -0.2) is 0 Å². The first-order valence-electron chi connectivity index (χ1n) is 9.56. The van der Waals surface area contributed by atoms with Gasteiger partial charge in [0.1, 0.15) is 0 Å². The molecule has 2 rings (SSSR count). The molecular weight excluding hydrogens is 368 g/mol. The smallest absolute Gasteiger partial charge is 0.233 e. The molecule has 0 radical (unpaired) electrons. The van der Waals surface area contributed by atoms with Gasteiger partial charge in [-0.3, -0.25) is 9.36 Å². The summed E-state index contributed by atoms with van der Waals surface area (Å²) in [5, 5.41) is 12.2. The lowest BCUT2D eigenvalue weighted by Gasteiger charge is -2.23. The fraction of sp³-hybridized carbons (Fsp3) is 0.500. The van der Waals surface area contributed by atoms with Crippen molar-refractivity contribution in [2.45, 2.75) is 76.4 Å². The molecule has 0 fully saturated rings. The summed E-state index contributed by atoms with van der Waals surface area (Å²) in [6, 6.07) is 8.42. The molecule has 1 heterocycles. The van der Waals surface area contributed by atoms with Crippen molar-refractivity contribution in [3.63, 3.8) is 0 Å². The minimum atomic E-state index is -0.275. The Morgan fingerprint density at radius 1 is 1.18 bits per heavy atom. The van der Waals surface area contributed by atoms with Gasteiger partial charge in [0.05, 0.1) is 5.25 Å². The van der Waals surface area contributed by atoms with Gasteiger partial charge in [-0.15, -0.1) is 16.8 Å². The minimum absolute atomic E-state index is 0.0123. The predicted molar refractivity (Wildman–Crippen MR) is 118 cm³/mol. The van der Waals surface area contributed by atoms with Crippen molar-refractivity contribution in [1.82, 2.24) is 20.1 Å². The van der Waals surface area contributed by atoms with Gasteiger partial charge in [-0.1, -0.05) is 62.9 Å². The molecule has 0 aliphatic carbocycles. The molecule has 0 saturated carbocycles. The van der Waals surface area contributed by atoms with Crippen molar-refractivity contribution in [2.75, 3.05) is 0 Å². The van der Waals surface area contributed by atoms with Crippen molar-refractivity contribution in [3.05, 3.63) is 42.5 Å². The molecule has 0 unspecified atom stereocenters. The largest absolute Gasteiger partial charge is 0.351 e. The quantitative estimate of drug-likeness (QED) is 0.558. The zero-order chi connectivity index (χ0) is 21.1. The number of thioether (sulfide) groups is 1. The number of amides is 1. The lowest BCUT2D eigenvalue weighted by molar-refractivity contribution is -0.121. The summed E-state index contributed by atoms with van der Waals surface area (Å²) < 4.78 is 2.00. The van der Waals surface area contributed by atoms with Crippen LogP contribution in [0.3, 0.4) is 0 Å². The summed E-state index contributed by atoms with van der Waals surface area (Å²) >= 11 is 1.41. The van der Waals surface area contributed by atoms with Crippen LogP contribution in [0.15, 0.2) is 42.1 Å². The lowest BCUT2D eigenvalue weighted by atomic mass is 9.87. The molecule has 1 N–H and O–H groups in total. The van der Waals surface area contributed by atoms with Gasteiger partial charge in [0.25, 0.3) is 0 Å². The van der Waals surface area contributed by atoms with Crippen molar-refractivity contribution in [2.24, 2.45) is 0 Å². The Morgan fingerprint density at radius 2 is 1.79 bits per heavy atom. The molecule has 0 bridgehead atoms. The third kappa shape index (κ3) is 5.71. The van der Waals surface area contributed by atoms with E-state index in [1.165, 1.54) is 17.3 Å². The number of hydrogen-bond acceptors (Lipinski definition) is 4. The number of carbonyl (C=O) groups excluding carboxylic acids is 1. The predicted octanol–water partition coefficient (Wildman–Crippen LogP) is 4.82. The first-order valence-corrected chi connectivity index (χ1v) is 10.4. The van der Waals surface area contributed by atoms with Crippen LogP contribution in [0.2, 0.25) is 0 Å². The second-order valence-electron chi connectivity index (χ2n) is 9.03. The molecule has 0 aliphatic rings. The van der Waals surface area contributed by atoms with E-state index < -0.39 is 0 Å². The molecule has 1 amide bonds. The van der Waals surface area contributed by atoms with E-state index in [1.807, 2.05) is 38.3 Å². The maximum atomic E-state index is 12.4. The third-order valence-electron chi connectivity index (χ3n) is 4.19. The average molecular weight is 401 g/mol. The highest BCUT2D eigenvalue weighted by Crippen LogP contribution is 2.29. The van der Waals surface area contributed by atoms with Crippen LogP contribution in [0.25, 0.3) is 11.4 Å². The Labute approximate surface area is 173 Å². The van der Waals surface area contributed by atoms with Crippen molar-refractivity contribution >= 4 is 17.7 Å². The lowest BCUT2D eigenvalue weighted by Crippen LogP contribution is -2.44. The first kappa shape index (κ1) is 22.2. The minimum Gasteiger partial charge on any atom is -0.351 e. The molecular formula is C22H32N4OS. The van der Waals surface area contributed by atoms with Gasteiger partial charge in [-0.2, -0.15) is 0 Å². The van der Waals surface area contributed by atoms with Gasteiger partial charge >= 0.3 is 0 Å². The van der Waals surface area contributed by atoms with Gasteiger partial charge in [0, 0.05) is 17.6 Å². The van der Waals surface area contributed by atoms with Crippen LogP contribution < -0.4 is 5.32 Å². The number of benzene rings is 1. The summed E-state index contributed by atoms with van der Waals surface area (Å²) in [5.74, 6) is 0.771. The molecule has 1 atom stereocenters. The zero-order valence-electron chi connectivity index (χ0n) is 18.0. The summed E-state index contributed by atoms with van der Waals surface area (Å²) in [7, 11) is 0. The maximum absolute atomic E-state index is 12.4. The highest BCUT2D eigenvalue weighted by Gasteiger charge is 2.23. The van der Waals surface area contributed by atoms with Crippen molar-refractivity contribution in [3.8, 4) is 11.4 Å². The van der Waals surface area contributed by atoms with Crippen LogP contribution in [-0.2, 0) is 16.8 Å². The fourth-order valence-corrected chi connectivity index (χ4v) is 3.54. The number of aromatic nitrogens is 3. The van der Waals surface area contributed by atoms with E-state index >= 15 is 0 Å². The standard InChI is InChI=1S/C22H32N4OS/c1-9-14-26-18(16-10-12-17(13-11-16)21(3,4)5)24-25-20(26)28-15(2)19(27)23-22(6,7)8/h9-13,15H,1,14H2,2-8H3,(H,23,27)/t15-/m1/s1. The van der Waals surface area contributed by atoms with E-state index in [2.05, 4.69) is 67.1 Å². The van der Waals surface area contributed by atoms with Gasteiger partial charge in [0.15, 0.2) is 11.0 Å². The Morgan fingerprint density at radius 3 is 2.29 bits per heavy atom. The highest BCUT2D eigenvalue weighted by atomic mass is 32.2. The van der Waals surface area contributed by atoms with Gasteiger partial charge < -0.3 is 5.32 Å². The second kappa shape index (κ2) is 8.52. The first-order chi connectivity index (χ1) is 12.9. The number of carbonyl (C=O) groups is 1. The van der Waals surface area contributed by atoms with E-state index in [4.69, 9.17) is 0 Å². The van der Waals surface area contributed by atoms with E-state index in [0.29, 0.717) is 11.7 Å². The molecule has 1 aromatic heterocycles. The zero-order valence-corrected chi connectivity index (χ0v) is 18.9. The fourth-order valence-electron chi connectivity index (χ4n) is 2.69.